The summed E-state index contributed by atoms with van der Waals surface area (Å²) in [6, 6.07) is 1.23. The first-order valence-electron chi connectivity index (χ1n) is 8.29. The van der Waals surface area contributed by atoms with Crippen molar-refractivity contribution in [1.82, 2.24) is 15.3 Å². The third-order valence-corrected chi connectivity index (χ3v) is 5.05. The molecule has 1 aliphatic heterocycles. The number of ether oxygens (including phenoxy) is 1. The van der Waals surface area contributed by atoms with Crippen LogP contribution in [0.15, 0.2) is 12.3 Å². The van der Waals surface area contributed by atoms with Crippen LogP contribution in [-0.4, -0.2) is 41.8 Å². The average molecular weight is 344 g/mol. The zero-order chi connectivity index (χ0) is 17.4. The maximum Gasteiger partial charge on any atom is 0.433 e. The summed E-state index contributed by atoms with van der Waals surface area (Å²) in [5, 5.41) is 6.35. The number of aromatic nitrogens is 2. The van der Waals surface area contributed by atoms with Gasteiger partial charge in [-0.25, -0.2) is 9.97 Å². The van der Waals surface area contributed by atoms with Crippen LogP contribution >= 0.6 is 0 Å². The molecule has 24 heavy (non-hydrogen) atoms. The van der Waals surface area contributed by atoms with Crippen molar-refractivity contribution in [3.05, 3.63) is 18.0 Å². The molecular weight excluding hydrogens is 321 g/mol. The highest BCUT2D eigenvalue weighted by Crippen LogP contribution is 2.51. The Kier molecular flexibility index (Phi) is 4.70. The van der Waals surface area contributed by atoms with Crippen LogP contribution in [0.5, 0.6) is 0 Å². The monoisotopic (exact) mass is 344 g/mol. The zero-order valence-electron chi connectivity index (χ0n) is 13.9. The van der Waals surface area contributed by atoms with E-state index in [-0.39, 0.29) is 11.4 Å². The molecule has 1 aromatic rings. The molecule has 2 N–H and O–H groups in total. The van der Waals surface area contributed by atoms with Gasteiger partial charge in [-0.15, -0.1) is 0 Å². The molecule has 1 saturated carbocycles. The molecule has 0 amide bonds. The van der Waals surface area contributed by atoms with Gasteiger partial charge in [0.05, 0.1) is 6.10 Å². The number of hydrogen-bond donors (Lipinski definition) is 2. The summed E-state index contributed by atoms with van der Waals surface area (Å²) in [5.74, 6) is 0.525. The summed E-state index contributed by atoms with van der Waals surface area (Å²) < 4.78 is 43.7. The highest BCUT2D eigenvalue weighted by atomic mass is 19.4. The van der Waals surface area contributed by atoms with Crippen molar-refractivity contribution in [2.45, 2.75) is 45.0 Å². The molecule has 3 atom stereocenters. The van der Waals surface area contributed by atoms with Gasteiger partial charge in [-0.1, -0.05) is 13.8 Å². The van der Waals surface area contributed by atoms with Gasteiger partial charge in [0.1, 0.15) is 5.69 Å². The van der Waals surface area contributed by atoms with Gasteiger partial charge in [-0.2, -0.15) is 13.2 Å². The third-order valence-electron chi connectivity index (χ3n) is 5.05. The molecule has 2 aliphatic rings. The first-order chi connectivity index (χ1) is 11.3. The molecule has 0 unspecified atom stereocenters. The lowest BCUT2D eigenvalue weighted by Crippen LogP contribution is -2.69. The molecule has 0 aromatic carbocycles. The topological polar surface area (TPSA) is 59.1 Å². The van der Waals surface area contributed by atoms with E-state index in [4.69, 9.17) is 4.74 Å². The Hall–Kier alpha value is -1.41. The first-order valence-corrected chi connectivity index (χ1v) is 8.29. The molecular formula is C16H23F3N4O. The van der Waals surface area contributed by atoms with Crippen molar-refractivity contribution < 1.29 is 17.9 Å². The van der Waals surface area contributed by atoms with Crippen LogP contribution in [0.4, 0.5) is 19.1 Å². The van der Waals surface area contributed by atoms with Gasteiger partial charge in [-0.05, 0) is 18.9 Å². The summed E-state index contributed by atoms with van der Waals surface area (Å²) >= 11 is 0. The van der Waals surface area contributed by atoms with E-state index in [1.54, 1.807) is 0 Å². The fraction of sp³-hybridized carbons (Fsp3) is 0.750. The number of alkyl halides is 3. The van der Waals surface area contributed by atoms with Gasteiger partial charge >= 0.3 is 6.18 Å². The highest BCUT2D eigenvalue weighted by Gasteiger charge is 2.57. The normalized spacial score (nSPS) is 28.8. The maximum atomic E-state index is 12.6. The number of nitrogens with zero attached hydrogens (tertiary/aromatic N) is 2. The van der Waals surface area contributed by atoms with E-state index in [1.165, 1.54) is 0 Å². The Morgan fingerprint density at radius 3 is 2.88 bits per heavy atom. The van der Waals surface area contributed by atoms with Gasteiger partial charge in [0.25, 0.3) is 0 Å². The lowest BCUT2D eigenvalue weighted by atomic mass is 9.55. The van der Waals surface area contributed by atoms with E-state index in [2.05, 4.69) is 34.4 Å². The van der Waals surface area contributed by atoms with Crippen molar-refractivity contribution >= 4 is 5.95 Å². The Morgan fingerprint density at radius 1 is 1.33 bits per heavy atom. The molecule has 2 fully saturated rings. The molecule has 134 valence electrons. The molecule has 2 heterocycles. The van der Waals surface area contributed by atoms with Crippen molar-refractivity contribution in [2.24, 2.45) is 11.3 Å². The second-order valence-electron chi connectivity index (χ2n) is 7.04. The van der Waals surface area contributed by atoms with Crippen molar-refractivity contribution in [2.75, 3.05) is 25.0 Å². The third kappa shape index (κ3) is 3.35. The van der Waals surface area contributed by atoms with Gasteiger partial charge in [-0.3, -0.25) is 0 Å². The smallest absolute Gasteiger partial charge is 0.377 e. The quantitative estimate of drug-likeness (QED) is 0.805. The predicted molar refractivity (Wildman–Crippen MR) is 83.6 cm³/mol. The fourth-order valence-electron chi connectivity index (χ4n) is 3.94. The fourth-order valence-corrected chi connectivity index (χ4v) is 3.94. The molecule has 0 spiro atoms. The van der Waals surface area contributed by atoms with E-state index >= 15 is 0 Å². The van der Waals surface area contributed by atoms with Gasteiger partial charge in [0.15, 0.2) is 0 Å². The van der Waals surface area contributed by atoms with E-state index in [0.29, 0.717) is 31.2 Å². The number of nitrogens with one attached hydrogen (secondary N) is 2. The van der Waals surface area contributed by atoms with E-state index in [9.17, 15) is 13.2 Å². The van der Waals surface area contributed by atoms with Crippen LogP contribution in [0.1, 0.15) is 32.4 Å². The van der Waals surface area contributed by atoms with Crippen LogP contribution in [-0.2, 0) is 10.9 Å². The first kappa shape index (κ1) is 17.4. The minimum Gasteiger partial charge on any atom is -0.377 e. The summed E-state index contributed by atoms with van der Waals surface area (Å²) in [5.41, 5.74) is -0.854. The SMILES string of the molecule is CC1(C)[C@H](NCCNc2nccc(C(F)(F)F)n2)[C@H]2CCCO[C@@H]21. The Balaban J connectivity index is 1.48. The van der Waals surface area contributed by atoms with Crippen molar-refractivity contribution in [1.29, 1.82) is 0 Å². The highest BCUT2D eigenvalue weighted by molar-refractivity contribution is 5.26. The molecule has 0 bridgehead atoms. The lowest BCUT2D eigenvalue weighted by Gasteiger charge is -2.60. The van der Waals surface area contributed by atoms with Crippen LogP contribution in [0.25, 0.3) is 0 Å². The average Bonchev–Trinajstić information content (AvgIpc) is 2.54. The molecule has 0 radical (unpaired) electrons. The van der Waals surface area contributed by atoms with Crippen LogP contribution in [0.2, 0.25) is 0 Å². The largest absolute Gasteiger partial charge is 0.433 e. The lowest BCUT2D eigenvalue weighted by molar-refractivity contribution is -0.192. The van der Waals surface area contributed by atoms with E-state index in [0.717, 1.165) is 31.7 Å². The van der Waals surface area contributed by atoms with Crippen LogP contribution in [0, 0.1) is 11.3 Å². The molecule has 3 rings (SSSR count). The summed E-state index contributed by atoms with van der Waals surface area (Å²) in [6.07, 6.45) is -0.779. The molecule has 1 aliphatic carbocycles. The van der Waals surface area contributed by atoms with Gasteiger partial charge in [0, 0.05) is 43.3 Å². The molecule has 1 saturated heterocycles. The molecule has 1 aromatic heterocycles. The van der Waals surface area contributed by atoms with Crippen LogP contribution < -0.4 is 10.6 Å². The summed E-state index contributed by atoms with van der Waals surface area (Å²) in [4.78, 5) is 7.32. The van der Waals surface area contributed by atoms with Gasteiger partial charge in [0.2, 0.25) is 5.95 Å². The standard InChI is InChI=1S/C16H23F3N4O/c1-15(2)12(10-4-3-9-24-13(10)15)20-7-8-22-14-21-6-5-11(23-14)16(17,18)19/h5-6,10,12-13,20H,3-4,7-9H2,1-2H3,(H,21,22,23)/t10-,12-,13+/m1/s1. The Morgan fingerprint density at radius 2 is 2.12 bits per heavy atom. The second kappa shape index (κ2) is 6.48. The minimum absolute atomic E-state index is 0.00151. The van der Waals surface area contributed by atoms with Crippen molar-refractivity contribution in [3.8, 4) is 0 Å². The number of fused-ring (bicyclic) bond motifs is 1. The minimum atomic E-state index is -4.45. The summed E-state index contributed by atoms with van der Waals surface area (Å²) in [7, 11) is 0. The number of hydrogen-bond acceptors (Lipinski definition) is 5. The Labute approximate surface area is 139 Å². The predicted octanol–water partition coefficient (Wildman–Crippen LogP) is 2.70. The number of anilines is 1. The van der Waals surface area contributed by atoms with E-state index < -0.39 is 11.9 Å². The Bertz CT molecular complexity index is 579. The molecule has 8 heteroatoms. The number of halogens is 3. The number of rotatable bonds is 5. The zero-order valence-corrected chi connectivity index (χ0v) is 13.9. The van der Waals surface area contributed by atoms with Gasteiger partial charge < -0.3 is 15.4 Å². The van der Waals surface area contributed by atoms with Crippen LogP contribution in [0.3, 0.4) is 0 Å². The maximum absolute atomic E-state index is 12.6. The second-order valence-corrected chi connectivity index (χ2v) is 7.04. The molecule has 5 nitrogen and oxygen atoms in total. The van der Waals surface area contributed by atoms with E-state index in [1.807, 2.05) is 0 Å². The van der Waals surface area contributed by atoms with Crippen molar-refractivity contribution in [3.63, 3.8) is 0 Å². The summed E-state index contributed by atoms with van der Waals surface area (Å²) in [6.45, 7) is 6.33.